The monoisotopic (exact) mass is 303 g/mol. The predicted molar refractivity (Wildman–Crippen MR) is 88.2 cm³/mol. The van der Waals surface area contributed by atoms with Crippen LogP contribution >= 0.6 is 0 Å². The second-order valence-electron chi connectivity index (χ2n) is 6.83. The van der Waals surface area contributed by atoms with E-state index in [2.05, 4.69) is 19.2 Å². The summed E-state index contributed by atoms with van der Waals surface area (Å²) >= 11 is 0. The number of carbonyl (C=O) groups excluding carboxylic acids is 2. The van der Waals surface area contributed by atoms with Crippen molar-refractivity contribution in [1.29, 1.82) is 0 Å². The zero-order chi connectivity index (χ0) is 16.3. The highest BCUT2D eigenvalue weighted by atomic mass is 16.2. The molecular weight excluding hydrogens is 276 g/mol. The molecule has 1 aromatic carbocycles. The zero-order valence-corrected chi connectivity index (χ0v) is 14.0. The van der Waals surface area contributed by atoms with Gasteiger partial charge in [-0.05, 0) is 32.4 Å². The van der Waals surface area contributed by atoms with E-state index in [1.165, 1.54) is 18.2 Å². The molecule has 4 heteroatoms. The number of hydrogen-bond acceptors (Lipinski definition) is 2. The number of piperidine rings is 1. The average Bonchev–Trinajstić information content (AvgIpc) is 2.45. The van der Waals surface area contributed by atoms with Crippen molar-refractivity contribution in [3.8, 4) is 0 Å². The van der Waals surface area contributed by atoms with Gasteiger partial charge in [0.1, 0.15) is 0 Å². The molecule has 1 aliphatic heterocycles. The highest BCUT2D eigenvalue weighted by Crippen LogP contribution is 2.16. The molecule has 3 atom stereocenters. The number of amides is 1. The summed E-state index contributed by atoms with van der Waals surface area (Å²) in [5, 5.41) is 2.94. The quantitative estimate of drug-likeness (QED) is 0.833. The molecule has 1 amide bonds. The zero-order valence-electron chi connectivity index (χ0n) is 14.0. The summed E-state index contributed by atoms with van der Waals surface area (Å²) in [4.78, 5) is 25.5. The van der Waals surface area contributed by atoms with Crippen LogP contribution in [0.1, 0.15) is 44.5 Å². The lowest BCUT2D eigenvalue weighted by Gasteiger charge is -2.35. The van der Waals surface area contributed by atoms with Crippen LogP contribution in [0.2, 0.25) is 0 Å². The number of quaternary nitrogens is 1. The van der Waals surface area contributed by atoms with Gasteiger partial charge >= 0.3 is 0 Å². The van der Waals surface area contributed by atoms with Crippen LogP contribution in [0.25, 0.3) is 0 Å². The molecule has 0 radical (unpaired) electrons. The van der Waals surface area contributed by atoms with E-state index >= 15 is 0 Å². The van der Waals surface area contributed by atoms with Gasteiger partial charge in [-0.2, -0.15) is 0 Å². The van der Waals surface area contributed by atoms with E-state index < -0.39 is 0 Å². The van der Waals surface area contributed by atoms with Crippen molar-refractivity contribution in [3.63, 3.8) is 0 Å². The Labute approximate surface area is 132 Å². The molecule has 1 fully saturated rings. The van der Waals surface area contributed by atoms with Gasteiger partial charge in [0.05, 0.1) is 18.8 Å². The molecule has 4 nitrogen and oxygen atoms in total. The SMILES string of the molecule is CC(=O)c1ccccc1NC(=O)[C@H](C)[NH+]1C[C@@H](C)C[C@H](C)C1. The standard InChI is InChI=1S/C18H26N2O2/c1-12-9-13(2)11-20(10-12)14(3)18(22)19-17-8-6-5-7-16(17)15(4)21/h5-8,12-14H,9-11H2,1-4H3,(H,19,22)/p+1/t12-,13-,14-/m0/s1. The number of benzene rings is 1. The third-order valence-electron chi connectivity index (χ3n) is 4.60. The van der Waals surface area contributed by atoms with Crippen LogP contribution in [0.5, 0.6) is 0 Å². The number of hydrogen-bond donors (Lipinski definition) is 2. The van der Waals surface area contributed by atoms with Gasteiger partial charge in [-0.25, -0.2) is 0 Å². The minimum Gasteiger partial charge on any atom is -0.324 e. The molecule has 1 saturated heterocycles. The maximum absolute atomic E-state index is 12.6. The summed E-state index contributed by atoms with van der Waals surface area (Å²) in [5.41, 5.74) is 1.18. The van der Waals surface area contributed by atoms with E-state index in [9.17, 15) is 9.59 Å². The minimum absolute atomic E-state index is 0.00926. The van der Waals surface area contributed by atoms with Crippen molar-refractivity contribution < 1.29 is 14.5 Å². The van der Waals surface area contributed by atoms with Gasteiger partial charge in [-0.15, -0.1) is 0 Å². The molecule has 0 saturated carbocycles. The lowest BCUT2D eigenvalue weighted by atomic mass is 9.91. The Balaban J connectivity index is 2.07. The normalized spacial score (nSPS) is 26.3. The number of carbonyl (C=O) groups is 2. The van der Waals surface area contributed by atoms with Gasteiger partial charge in [-0.1, -0.05) is 26.0 Å². The number of likely N-dealkylation sites (tertiary alicyclic amines) is 1. The van der Waals surface area contributed by atoms with E-state index in [4.69, 9.17) is 0 Å². The molecule has 2 N–H and O–H groups in total. The highest BCUT2D eigenvalue weighted by Gasteiger charge is 2.32. The fourth-order valence-electron chi connectivity index (χ4n) is 3.51. The molecule has 0 bridgehead atoms. The first-order chi connectivity index (χ1) is 10.4. The second kappa shape index (κ2) is 7.05. The van der Waals surface area contributed by atoms with Crippen molar-refractivity contribution in [2.75, 3.05) is 18.4 Å². The molecule has 2 rings (SSSR count). The largest absolute Gasteiger partial charge is 0.324 e. The molecule has 0 spiro atoms. The Morgan fingerprint density at radius 3 is 2.36 bits per heavy atom. The fourth-order valence-corrected chi connectivity index (χ4v) is 3.51. The van der Waals surface area contributed by atoms with Gasteiger partial charge in [-0.3, -0.25) is 9.59 Å². The van der Waals surface area contributed by atoms with Gasteiger partial charge in [0.15, 0.2) is 11.8 Å². The third kappa shape index (κ3) is 3.95. The lowest BCUT2D eigenvalue weighted by molar-refractivity contribution is -0.925. The van der Waals surface area contributed by atoms with Crippen LogP contribution in [0.4, 0.5) is 5.69 Å². The van der Waals surface area contributed by atoms with Crippen molar-refractivity contribution in [3.05, 3.63) is 29.8 Å². The van der Waals surface area contributed by atoms with Crippen molar-refractivity contribution in [2.24, 2.45) is 11.8 Å². The molecule has 22 heavy (non-hydrogen) atoms. The lowest BCUT2D eigenvalue weighted by Crippen LogP contribution is -3.18. The molecular formula is C18H27N2O2+. The summed E-state index contributed by atoms with van der Waals surface area (Å²) in [5.74, 6) is 1.26. The second-order valence-corrected chi connectivity index (χ2v) is 6.83. The molecule has 120 valence electrons. The van der Waals surface area contributed by atoms with Crippen LogP contribution in [0.3, 0.4) is 0 Å². The van der Waals surface area contributed by atoms with Gasteiger partial charge in [0.2, 0.25) is 0 Å². The van der Waals surface area contributed by atoms with Gasteiger partial charge < -0.3 is 10.2 Å². The number of anilines is 1. The maximum Gasteiger partial charge on any atom is 0.282 e. The Hall–Kier alpha value is -1.68. The van der Waals surface area contributed by atoms with E-state index in [1.807, 2.05) is 19.1 Å². The first-order valence-corrected chi connectivity index (χ1v) is 8.14. The number of rotatable bonds is 4. The molecule has 0 aromatic heterocycles. The molecule has 0 aliphatic carbocycles. The summed E-state index contributed by atoms with van der Waals surface area (Å²) in [6, 6.07) is 7.09. The molecule has 0 unspecified atom stereocenters. The summed E-state index contributed by atoms with van der Waals surface area (Å²) < 4.78 is 0. The summed E-state index contributed by atoms with van der Waals surface area (Å²) in [7, 11) is 0. The van der Waals surface area contributed by atoms with Crippen LogP contribution in [0.15, 0.2) is 24.3 Å². The van der Waals surface area contributed by atoms with Crippen LogP contribution < -0.4 is 10.2 Å². The number of nitrogens with one attached hydrogen (secondary N) is 2. The number of ketones is 1. The topological polar surface area (TPSA) is 50.6 Å². The smallest absolute Gasteiger partial charge is 0.282 e. The maximum atomic E-state index is 12.6. The van der Waals surface area contributed by atoms with Crippen molar-refractivity contribution >= 4 is 17.4 Å². The van der Waals surface area contributed by atoms with Crippen molar-refractivity contribution in [1.82, 2.24) is 0 Å². The van der Waals surface area contributed by atoms with E-state index in [0.717, 1.165) is 13.1 Å². The van der Waals surface area contributed by atoms with E-state index in [0.29, 0.717) is 23.1 Å². The molecule has 1 aromatic rings. The third-order valence-corrected chi connectivity index (χ3v) is 4.60. The Morgan fingerprint density at radius 1 is 1.18 bits per heavy atom. The predicted octanol–water partition coefficient (Wildman–Crippen LogP) is 1.78. The summed E-state index contributed by atoms with van der Waals surface area (Å²) in [6.07, 6.45) is 1.24. The first-order valence-electron chi connectivity index (χ1n) is 8.14. The Morgan fingerprint density at radius 2 is 1.77 bits per heavy atom. The number of para-hydroxylation sites is 1. The van der Waals surface area contributed by atoms with Gasteiger partial charge in [0.25, 0.3) is 5.91 Å². The highest BCUT2D eigenvalue weighted by molar-refractivity contribution is 6.04. The number of Topliss-reactive ketones (excluding diaryl/α,β-unsaturated/α-hetero) is 1. The Kier molecular flexibility index (Phi) is 5.35. The van der Waals surface area contributed by atoms with Gasteiger partial charge in [0, 0.05) is 17.4 Å². The van der Waals surface area contributed by atoms with Crippen LogP contribution in [-0.2, 0) is 4.79 Å². The van der Waals surface area contributed by atoms with Crippen LogP contribution in [0, 0.1) is 11.8 Å². The summed E-state index contributed by atoms with van der Waals surface area (Å²) in [6.45, 7) is 10.1. The van der Waals surface area contributed by atoms with Crippen LogP contribution in [-0.4, -0.2) is 30.8 Å². The molecule has 1 heterocycles. The van der Waals surface area contributed by atoms with E-state index in [-0.39, 0.29) is 17.7 Å². The van der Waals surface area contributed by atoms with E-state index in [1.54, 1.807) is 12.1 Å². The average molecular weight is 303 g/mol. The minimum atomic E-state index is -0.106. The fraction of sp³-hybridized carbons (Fsp3) is 0.556. The Bertz CT molecular complexity index is 546. The molecule has 1 aliphatic rings. The first kappa shape index (κ1) is 16.7. The van der Waals surface area contributed by atoms with Crippen molar-refractivity contribution in [2.45, 2.75) is 40.2 Å².